The number of carboxylic acid groups (broad SMARTS) is 1. The van der Waals surface area contributed by atoms with E-state index in [1.165, 1.54) is 14.2 Å². The molecule has 0 radical (unpaired) electrons. The zero-order valence-corrected chi connectivity index (χ0v) is 11.8. The molecule has 0 spiro atoms. The lowest BCUT2D eigenvalue weighted by molar-refractivity contribution is -0.137. The molecule has 6 heteroatoms. The van der Waals surface area contributed by atoms with Crippen LogP contribution < -0.4 is 14.2 Å². The van der Waals surface area contributed by atoms with Crippen molar-refractivity contribution in [2.24, 2.45) is 0 Å². The molecule has 0 saturated heterocycles. The van der Waals surface area contributed by atoms with E-state index >= 15 is 0 Å². The minimum absolute atomic E-state index is 0.0706. The highest BCUT2D eigenvalue weighted by Gasteiger charge is 2.13. The fourth-order valence-corrected chi connectivity index (χ4v) is 1.80. The summed E-state index contributed by atoms with van der Waals surface area (Å²) in [7, 11) is 3.07. The number of aliphatic carboxylic acids is 1. The van der Waals surface area contributed by atoms with Gasteiger partial charge in [0.2, 0.25) is 5.75 Å². The van der Waals surface area contributed by atoms with E-state index in [1.807, 2.05) is 0 Å². The number of carbonyl (C=O) groups is 1. The summed E-state index contributed by atoms with van der Waals surface area (Å²) in [5.74, 6) is 0.718. The Labute approximate surface area is 114 Å². The lowest BCUT2D eigenvalue weighted by atomic mass is 10.3. The summed E-state index contributed by atoms with van der Waals surface area (Å²) in [5, 5.41) is 8.54. The summed E-state index contributed by atoms with van der Waals surface area (Å²) in [5.41, 5.74) is 0. The van der Waals surface area contributed by atoms with E-state index in [9.17, 15) is 4.79 Å². The van der Waals surface area contributed by atoms with E-state index in [1.54, 1.807) is 12.1 Å². The van der Waals surface area contributed by atoms with Gasteiger partial charge < -0.3 is 19.3 Å². The summed E-state index contributed by atoms with van der Waals surface area (Å²) in [6, 6.07) is 3.52. The number of ether oxygens (including phenoxy) is 3. The molecule has 18 heavy (non-hydrogen) atoms. The van der Waals surface area contributed by atoms with Crippen LogP contribution in [-0.2, 0) is 4.79 Å². The largest absolute Gasteiger partial charge is 0.493 e. The average molecular weight is 319 g/mol. The summed E-state index contributed by atoms with van der Waals surface area (Å²) in [4.78, 5) is 10.4. The molecule has 0 amide bonds. The Balaban J connectivity index is 2.76. The quantitative estimate of drug-likeness (QED) is 0.783. The third-order valence-corrected chi connectivity index (χ3v) is 2.66. The number of benzene rings is 1. The van der Waals surface area contributed by atoms with E-state index in [4.69, 9.17) is 19.3 Å². The molecular weight excluding hydrogens is 304 g/mol. The van der Waals surface area contributed by atoms with Crippen LogP contribution in [0.3, 0.4) is 0 Å². The maximum atomic E-state index is 10.4. The average Bonchev–Trinajstić information content (AvgIpc) is 2.34. The van der Waals surface area contributed by atoms with Crippen LogP contribution in [0.4, 0.5) is 0 Å². The predicted molar refractivity (Wildman–Crippen MR) is 69.6 cm³/mol. The molecule has 0 saturated carbocycles. The van der Waals surface area contributed by atoms with E-state index in [-0.39, 0.29) is 6.42 Å². The van der Waals surface area contributed by atoms with E-state index in [0.29, 0.717) is 30.3 Å². The first-order valence-electron chi connectivity index (χ1n) is 5.34. The highest BCUT2D eigenvalue weighted by atomic mass is 79.9. The Morgan fingerprint density at radius 2 is 1.83 bits per heavy atom. The predicted octanol–water partition coefficient (Wildman–Crippen LogP) is 2.71. The minimum atomic E-state index is -0.840. The SMILES string of the molecule is COc1cc(Br)cc(OC)c1OCCCC(=O)O. The lowest BCUT2D eigenvalue weighted by Gasteiger charge is -2.14. The molecule has 0 aliphatic rings. The lowest BCUT2D eigenvalue weighted by Crippen LogP contribution is -2.04. The van der Waals surface area contributed by atoms with Crippen molar-refractivity contribution in [2.45, 2.75) is 12.8 Å². The normalized spacial score (nSPS) is 9.94. The van der Waals surface area contributed by atoms with Gasteiger partial charge in [-0.1, -0.05) is 15.9 Å². The Bertz CT molecular complexity index is 394. The first-order valence-corrected chi connectivity index (χ1v) is 6.14. The van der Waals surface area contributed by atoms with Crippen LogP contribution >= 0.6 is 15.9 Å². The molecule has 1 aromatic carbocycles. The Hall–Kier alpha value is -1.43. The fourth-order valence-electron chi connectivity index (χ4n) is 1.39. The van der Waals surface area contributed by atoms with E-state index < -0.39 is 5.97 Å². The summed E-state index contributed by atoms with van der Waals surface area (Å²) >= 11 is 3.34. The van der Waals surface area contributed by atoms with Crippen molar-refractivity contribution in [3.05, 3.63) is 16.6 Å². The van der Waals surface area contributed by atoms with Gasteiger partial charge in [0.15, 0.2) is 11.5 Å². The van der Waals surface area contributed by atoms with Gasteiger partial charge in [-0.25, -0.2) is 0 Å². The summed E-state index contributed by atoms with van der Waals surface area (Å²) in [6.07, 6.45) is 0.499. The molecule has 100 valence electrons. The third-order valence-electron chi connectivity index (χ3n) is 2.21. The van der Waals surface area contributed by atoms with Crippen LogP contribution in [0.5, 0.6) is 17.2 Å². The smallest absolute Gasteiger partial charge is 0.303 e. The van der Waals surface area contributed by atoms with Crippen LogP contribution in [0.1, 0.15) is 12.8 Å². The summed E-state index contributed by atoms with van der Waals surface area (Å²) in [6.45, 7) is 0.292. The van der Waals surface area contributed by atoms with Gasteiger partial charge >= 0.3 is 5.97 Å². The standard InChI is InChI=1S/C12H15BrO5/c1-16-9-6-8(13)7-10(17-2)12(9)18-5-3-4-11(14)15/h6-7H,3-5H2,1-2H3,(H,14,15). The molecule has 1 rings (SSSR count). The molecule has 1 N–H and O–H groups in total. The Kier molecular flexibility index (Phi) is 5.77. The molecule has 0 aromatic heterocycles. The number of methoxy groups -OCH3 is 2. The fraction of sp³-hybridized carbons (Fsp3) is 0.417. The molecule has 0 fully saturated rings. The molecule has 0 aliphatic heterocycles. The van der Waals surface area contributed by atoms with Gasteiger partial charge in [0.1, 0.15) is 0 Å². The maximum Gasteiger partial charge on any atom is 0.303 e. The molecule has 0 heterocycles. The summed E-state index contributed by atoms with van der Waals surface area (Å²) < 4.78 is 16.7. The molecule has 1 aromatic rings. The van der Waals surface area contributed by atoms with Gasteiger partial charge in [0, 0.05) is 10.9 Å². The Morgan fingerprint density at radius 1 is 1.28 bits per heavy atom. The molecular formula is C12H15BrO5. The van der Waals surface area contributed by atoms with Crippen LogP contribution in [0.25, 0.3) is 0 Å². The van der Waals surface area contributed by atoms with Gasteiger partial charge in [0.05, 0.1) is 20.8 Å². The van der Waals surface area contributed by atoms with Crippen LogP contribution in [-0.4, -0.2) is 31.9 Å². The second-order valence-corrected chi connectivity index (χ2v) is 4.40. The van der Waals surface area contributed by atoms with Crippen LogP contribution in [0.15, 0.2) is 16.6 Å². The zero-order chi connectivity index (χ0) is 13.5. The van der Waals surface area contributed by atoms with E-state index in [0.717, 1.165) is 4.47 Å². The van der Waals surface area contributed by atoms with Crippen molar-refractivity contribution in [2.75, 3.05) is 20.8 Å². The van der Waals surface area contributed by atoms with Crippen LogP contribution in [0.2, 0.25) is 0 Å². The van der Waals surface area contributed by atoms with Crippen molar-refractivity contribution in [1.82, 2.24) is 0 Å². The molecule has 0 unspecified atom stereocenters. The van der Waals surface area contributed by atoms with Crippen molar-refractivity contribution in [1.29, 1.82) is 0 Å². The first kappa shape index (κ1) is 14.6. The van der Waals surface area contributed by atoms with Crippen molar-refractivity contribution < 1.29 is 24.1 Å². The van der Waals surface area contributed by atoms with Gasteiger partial charge in [0.25, 0.3) is 0 Å². The number of rotatable bonds is 7. The van der Waals surface area contributed by atoms with Gasteiger partial charge in [-0.15, -0.1) is 0 Å². The van der Waals surface area contributed by atoms with E-state index in [2.05, 4.69) is 15.9 Å². The number of hydrogen-bond acceptors (Lipinski definition) is 4. The topological polar surface area (TPSA) is 65.0 Å². The third kappa shape index (κ3) is 4.10. The number of hydrogen-bond donors (Lipinski definition) is 1. The molecule has 0 atom stereocenters. The number of carboxylic acids is 1. The number of halogens is 1. The molecule has 5 nitrogen and oxygen atoms in total. The van der Waals surface area contributed by atoms with Crippen molar-refractivity contribution in [3.63, 3.8) is 0 Å². The van der Waals surface area contributed by atoms with Crippen molar-refractivity contribution in [3.8, 4) is 17.2 Å². The molecule has 0 bridgehead atoms. The maximum absolute atomic E-state index is 10.4. The van der Waals surface area contributed by atoms with Gasteiger partial charge in [-0.05, 0) is 18.6 Å². The minimum Gasteiger partial charge on any atom is -0.493 e. The van der Waals surface area contributed by atoms with Crippen LogP contribution in [0, 0.1) is 0 Å². The van der Waals surface area contributed by atoms with Gasteiger partial charge in [-0.3, -0.25) is 4.79 Å². The first-order chi connectivity index (χ1) is 8.58. The van der Waals surface area contributed by atoms with Crippen molar-refractivity contribution >= 4 is 21.9 Å². The Morgan fingerprint density at radius 3 is 2.28 bits per heavy atom. The monoisotopic (exact) mass is 318 g/mol. The highest BCUT2D eigenvalue weighted by molar-refractivity contribution is 9.10. The second-order valence-electron chi connectivity index (χ2n) is 3.49. The molecule has 0 aliphatic carbocycles. The zero-order valence-electron chi connectivity index (χ0n) is 10.2. The second kappa shape index (κ2) is 7.10. The highest BCUT2D eigenvalue weighted by Crippen LogP contribution is 2.40. The van der Waals surface area contributed by atoms with Gasteiger partial charge in [-0.2, -0.15) is 0 Å².